The first-order chi connectivity index (χ1) is 13.1. The molecule has 6 nitrogen and oxygen atoms in total. The fraction of sp³-hybridized carbons (Fsp3) is 0.400. The number of hydrogen-bond acceptors (Lipinski definition) is 4. The van der Waals surface area contributed by atoms with Gasteiger partial charge in [-0.15, -0.1) is 24.0 Å². The lowest BCUT2D eigenvalue weighted by atomic mass is 10.1. The van der Waals surface area contributed by atoms with Crippen LogP contribution < -0.4 is 20.7 Å². The first-order valence-electron chi connectivity index (χ1n) is 9.06. The van der Waals surface area contributed by atoms with Gasteiger partial charge < -0.3 is 20.7 Å². The van der Waals surface area contributed by atoms with Gasteiger partial charge in [0.2, 0.25) is 5.91 Å². The van der Waals surface area contributed by atoms with Gasteiger partial charge in [-0.3, -0.25) is 4.79 Å². The number of amides is 1. The minimum Gasteiger partial charge on any atom is -0.497 e. The lowest BCUT2D eigenvalue weighted by molar-refractivity contribution is -0.119. The molecule has 0 fully saturated rings. The molecule has 1 heterocycles. The number of carbonyl (C=O) groups excluding carboxylic acids is 1. The molecule has 1 aromatic carbocycles. The molecule has 1 unspecified atom stereocenters. The molecular formula is C20H29IN4O2S. The number of nitrogens with one attached hydrogen (secondary N) is 3. The summed E-state index contributed by atoms with van der Waals surface area (Å²) in [6, 6.07) is 9.75. The Morgan fingerprint density at radius 2 is 1.93 bits per heavy atom. The highest BCUT2D eigenvalue weighted by molar-refractivity contribution is 14.0. The van der Waals surface area contributed by atoms with Gasteiger partial charge in [0, 0.05) is 19.6 Å². The third-order valence-corrected chi connectivity index (χ3v) is 4.76. The van der Waals surface area contributed by atoms with Crippen molar-refractivity contribution in [1.29, 1.82) is 0 Å². The Balaban J connectivity index is 0.00000392. The molecule has 154 valence electrons. The second-order valence-electron chi connectivity index (χ2n) is 6.16. The summed E-state index contributed by atoms with van der Waals surface area (Å²) in [7, 11) is 1.63. The zero-order valence-corrected chi connectivity index (χ0v) is 19.7. The van der Waals surface area contributed by atoms with Gasteiger partial charge in [-0.25, -0.2) is 4.99 Å². The first-order valence-corrected chi connectivity index (χ1v) is 10.0. The Morgan fingerprint density at radius 3 is 2.54 bits per heavy atom. The number of nitrogens with zero attached hydrogens (tertiary/aromatic N) is 1. The largest absolute Gasteiger partial charge is 0.497 e. The van der Waals surface area contributed by atoms with E-state index in [1.165, 1.54) is 5.56 Å². The minimum absolute atomic E-state index is 0. The number of thiophene rings is 1. The molecule has 0 saturated carbocycles. The van der Waals surface area contributed by atoms with E-state index in [9.17, 15) is 4.79 Å². The van der Waals surface area contributed by atoms with Crippen LogP contribution in [-0.4, -0.2) is 38.6 Å². The van der Waals surface area contributed by atoms with E-state index >= 15 is 0 Å². The summed E-state index contributed by atoms with van der Waals surface area (Å²) < 4.78 is 5.13. The van der Waals surface area contributed by atoms with Gasteiger partial charge in [0.15, 0.2) is 5.96 Å². The van der Waals surface area contributed by atoms with Crippen LogP contribution >= 0.6 is 35.3 Å². The van der Waals surface area contributed by atoms with Crippen LogP contribution in [0.15, 0.2) is 46.1 Å². The lowest BCUT2D eigenvalue weighted by Gasteiger charge is -2.15. The van der Waals surface area contributed by atoms with Gasteiger partial charge in [-0.2, -0.15) is 11.3 Å². The molecule has 8 heteroatoms. The first kappa shape index (κ1) is 24.2. The van der Waals surface area contributed by atoms with Crippen molar-refractivity contribution in [2.75, 3.05) is 26.7 Å². The predicted molar refractivity (Wildman–Crippen MR) is 127 cm³/mol. The average Bonchev–Trinajstić information content (AvgIpc) is 3.23. The van der Waals surface area contributed by atoms with Crippen LogP contribution in [0.25, 0.3) is 0 Å². The van der Waals surface area contributed by atoms with E-state index in [4.69, 9.17) is 4.74 Å². The number of rotatable bonds is 9. The van der Waals surface area contributed by atoms with Crippen molar-refractivity contribution < 1.29 is 9.53 Å². The zero-order chi connectivity index (χ0) is 19.5. The molecule has 0 aliphatic carbocycles. The third-order valence-electron chi connectivity index (χ3n) is 4.06. The summed E-state index contributed by atoms with van der Waals surface area (Å²) in [6.07, 6.45) is 0. The number of hydrogen-bond donors (Lipinski definition) is 3. The Labute approximate surface area is 188 Å². The van der Waals surface area contributed by atoms with E-state index in [0.717, 1.165) is 24.4 Å². The van der Waals surface area contributed by atoms with Gasteiger partial charge >= 0.3 is 0 Å². The van der Waals surface area contributed by atoms with E-state index in [1.807, 2.05) is 31.2 Å². The Bertz CT molecular complexity index is 720. The van der Waals surface area contributed by atoms with E-state index in [-0.39, 0.29) is 36.4 Å². The molecule has 0 radical (unpaired) electrons. The van der Waals surface area contributed by atoms with Crippen LogP contribution in [-0.2, 0) is 11.3 Å². The molecule has 1 atom stereocenters. The highest BCUT2D eigenvalue weighted by Crippen LogP contribution is 2.17. The standard InChI is InChI=1S/C20H28N4O2S.HI/c1-4-21-20(23-11-15(2)17-9-10-27-14-17)24-13-19(25)22-12-16-5-7-18(26-3)8-6-16;/h5-10,14-15H,4,11-13H2,1-3H3,(H,22,25)(H2,21,23,24);1H. The summed E-state index contributed by atoms with van der Waals surface area (Å²) in [6.45, 7) is 6.22. The molecule has 0 aliphatic rings. The monoisotopic (exact) mass is 516 g/mol. The maximum Gasteiger partial charge on any atom is 0.242 e. The van der Waals surface area contributed by atoms with Gasteiger partial charge in [-0.1, -0.05) is 19.1 Å². The van der Waals surface area contributed by atoms with Crippen LogP contribution in [0.5, 0.6) is 5.75 Å². The van der Waals surface area contributed by atoms with Gasteiger partial charge in [-0.05, 0) is 52.9 Å². The topological polar surface area (TPSA) is 74.8 Å². The van der Waals surface area contributed by atoms with E-state index in [2.05, 4.69) is 44.7 Å². The van der Waals surface area contributed by atoms with Crippen molar-refractivity contribution in [3.05, 3.63) is 52.2 Å². The van der Waals surface area contributed by atoms with Crippen LogP contribution in [0.4, 0.5) is 0 Å². The smallest absolute Gasteiger partial charge is 0.242 e. The molecule has 2 aromatic rings. The Hall–Kier alpha value is -1.81. The normalized spacial score (nSPS) is 11.9. The van der Waals surface area contributed by atoms with Crippen LogP contribution in [0.1, 0.15) is 30.9 Å². The predicted octanol–water partition coefficient (Wildman–Crippen LogP) is 3.35. The Kier molecular flexibility index (Phi) is 11.6. The van der Waals surface area contributed by atoms with Crippen LogP contribution in [0.3, 0.4) is 0 Å². The number of carbonyl (C=O) groups is 1. The molecule has 0 spiro atoms. The second kappa shape index (κ2) is 13.4. The number of aliphatic imine (C=N–C) groups is 1. The van der Waals surface area contributed by atoms with E-state index in [1.54, 1.807) is 18.4 Å². The fourth-order valence-electron chi connectivity index (χ4n) is 2.42. The number of guanidine groups is 1. The molecule has 2 rings (SSSR count). The zero-order valence-electron chi connectivity index (χ0n) is 16.5. The second-order valence-corrected chi connectivity index (χ2v) is 6.94. The van der Waals surface area contributed by atoms with Gasteiger partial charge in [0.05, 0.1) is 7.11 Å². The quantitative estimate of drug-likeness (QED) is 0.272. The fourth-order valence-corrected chi connectivity index (χ4v) is 3.20. The summed E-state index contributed by atoms with van der Waals surface area (Å²) in [4.78, 5) is 16.4. The van der Waals surface area contributed by atoms with E-state index < -0.39 is 0 Å². The molecule has 0 bridgehead atoms. The maximum absolute atomic E-state index is 12.1. The summed E-state index contributed by atoms with van der Waals surface area (Å²) in [5.41, 5.74) is 2.32. The van der Waals surface area contributed by atoms with Gasteiger partial charge in [0.1, 0.15) is 12.3 Å². The van der Waals surface area contributed by atoms with Crippen LogP contribution in [0.2, 0.25) is 0 Å². The van der Waals surface area contributed by atoms with Crippen LogP contribution in [0, 0.1) is 0 Å². The highest BCUT2D eigenvalue weighted by Gasteiger charge is 2.08. The van der Waals surface area contributed by atoms with Crippen molar-refractivity contribution in [1.82, 2.24) is 16.0 Å². The molecule has 3 N–H and O–H groups in total. The maximum atomic E-state index is 12.1. The van der Waals surface area contributed by atoms with Crippen molar-refractivity contribution in [2.24, 2.45) is 4.99 Å². The number of methoxy groups -OCH3 is 1. The van der Waals surface area contributed by atoms with Crippen molar-refractivity contribution in [3.63, 3.8) is 0 Å². The summed E-state index contributed by atoms with van der Waals surface area (Å²) >= 11 is 1.70. The molecule has 1 aromatic heterocycles. The SMILES string of the molecule is CCNC(=NCC(=O)NCc1ccc(OC)cc1)NCC(C)c1ccsc1.I. The van der Waals surface area contributed by atoms with Gasteiger partial charge in [0.25, 0.3) is 0 Å². The average molecular weight is 516 g/mol. The number of halogens is 1. The molecule has 28 heavy (non-hydrogen) atoms. The molecule has 0 saturated heterocycles. The minimum atomic E-state index is -0.117. The highest BCUT2D eigenvalue weighted by atomic mass is 127. The van der Waals surface area contributed by atoms with E-state index in [0.29, 0.717) is 18.4 Å². The third kappa shape index (κ3) is 8.47. The van der Waals surface area contributed by atoms with Crippen molar-refractivity contribution >= 4 is 47.2 Å². The summed E-state index contributed by atoms with van der Waals surface area (Å²) in [5, 5.41) is 13.6. The summed E-state index contributed by atoms with van der Waals surface area (Å²) in [5.74, 6) is 1.71. The molecular weight excluding hydrogens is 487 g/mol. The van der Waals surface area contributed by atoms with Crippen molar-refractivity contribution in [3.8, 4) is 5.75 Å². The van der Waals surface area contributed by atoms with Crippen molar-refractivity contribution in [2.45, 2.75) is 26.3 Å². The number of ether oxygens (including phenoxy) is 1. The molecule has 1 amide bonds. The Morgan fingerprint density at radius 1 is 1.18 bits per heavy atom. The molecule has 0 aliphatic heterocycles. The lowest BCUT2D eigenvalue weighted by Crippen LogP contribution is -2.40. The number of benzene rings is 1.